The minimum Gasteiger partial charge on any atom is -0.393 e. The maximum atomic E-state index is 11.8. The molecular formula is C12H16ClN3O2. The molecule has 2 rings (SSSR count). The van der Waals surface area contributed by atoms with Gasteiger partial charge in [-0.2, -0.15) is 0 Å². The Kier molecular flexibility index (Phi) is 4.49. The summed E-state index contributed by atoms with van der Waals surface area (Å²) >= 11 is 5.60. The number of rotatable bonds is 3. The number of carbonyl (C=O) groups excluding carboxylic acids is 1. The zero-order valence-corrected chi connectivity index (χ0v) is 10.7. The van der Waals surface area contributed by atoms with Crippen LogP contribution in [-0.2, 0) is 0 Å². The predicted molar refractivity (Wildman–Crippen MR) is 67.3 cm³/mol. The van der Waals surface area contributed by atoms with Crippen LogP contribution >= 0.6 is 11.6 Å². The third kappa shape index (κ3) is 3.65. The number of halogens is 1. The Morgan fingerprint density at radius 1 is 1.33 bits per heavy atom. The van der Waals surface area contributed by atoms with Crippen molar-refractivity contribution < 1.29 is 9.90 Å². The molecule has 1 saturated carbocycles. The van der Waals surface area contributed by atoms with Crippen LogP contribution in [0, 0.1) is 5.92 Å². The van der Waals surface area contributed by atoms with E-state index < -0.39 is 0 Å². The summed E-state index contributed by atoms with van der Waals surface area (Å²) in [5, 5.41) is 19.8. The first-order valence-electron chi connectivity index (χ1n) is 6.10. The molecule has 1 aromatic rings. The summed E-state index contributed by atoms with van der Waals surface area (Å²) in [5.41, 5.74) is 0.273. The zero-order chi connectivity index (χ0) is 13.0. The van der Waals surface area contributed by atoms with Gasteiger partial charge in [-0.05, 0) is 43.7 Å². The second-order valence-corrected chi connectivity index (χ2v) is 5.01. The summed E-state index contributed by atoms with van der Waals surface area (Å²) in [7, 11) is 0. The quantitative estimate of drug-likeness (QED) is 0.870. The van der Waals surface area contributed by atoms with Crippen LogP contribution in [0.1, 0.15) is 36.2 Å². The lowest BCUT2D eigenvalue weighted by Gasteiger charge is -2.25. The van der Waals surface area contributed by atoms with Crippen LogP contribution in [0.5, 0.6) is 0 Å². The van der Waals surface area contributed by atoms with Crippen molar-refractivity contribution in [2.75, 3.05) is 6.54 Å². The van der Waals surface area contributed by atoms with Crippen LogP contribution < -0.4 is 5.32 Å². The maximum Gasteiger partial charge on any atom is 0.271 e. The molecule has 0 atom stereocenters. The largest absolute Gasteiger partial charge is 0.393 e. The first kappa shape index (κ1) is 13.2. The average molecular weight is 270 g/mol. The second kappa shape index (κ2) is 6.11. The number of carbonyl (C=O) groups is 1. The van der Waals surface area contributed by atoms with Crippen molar-refractivity contribution in [3.8, 4) is 0 Å². The lowest BCUT2D eigenvalue weighted by Crippen LogP contribution is -2.32. The van der Waals surface area contributed by atoms with Gasteiger partial charge < -0.3 is 10.4 Å². The third-order valence-electron chi connectivity index (χ3n) is 3.23. The fourth-order valence-corrected chi connectivity index (χ4v) is 2.21. The van der Waals surface area contributed by atoms with E-state index in [1.54, 1.807) is 12.1 Å². The summed E-state index contributed by atoms with van der Waals surface area (Å²) in [4.78, 5) is 11.8. The lowest BCUT2D eigenvalue weighted by molar-refractivity contribution is 0.0905. The highest BCUT2D eigenvalue weighted by atomic mass is 35.5. The van der Waals surface area contributed by atoms with Crippen LogP contribution in [0.4, 0.5) is 0 Å². The summed E-state index contributed by atoms with van der Waals surface area (Å²) in [6, 6.07) is 3.09. The van der Waals surface area contributed by atoms with E-state index in [2.05, 4.69) is 15.5 Å². The first-order chi connectivity index (χ1) is 8.65. The highest BCUT2D eigenvalue weighted by Crippen LogP contribution is 2.23. The molecule has 0 aromatic carbocycles. The standard InChI is InChI=1S/C12H16ClN3O2/c13-11-6-5-10(15-16-11)12(18)14-7-8-1-3-9(17)4-2-8/h5-6,8-9,17H,1-4,7H2,(H,14,18). The summed E-state index contributed by atoms with van der Waals surface area (Å²) < 4.78 is 0. The number of amides is 1. The molecule has 0 aliphatic heterocycles. The molecule has 2 N–H and O–H groups in total. The molecule has 0 bridgehead atoms. The predicted octanol–water partition coefficient (Wildman–Crippen LogP) is 1.41. The maximum absolute atomic E-state index is 11.8. The van der Waals surface area contributed by atoms with Crippen molar-refractivity contribution >= 4 is 17.5 Å². The Morgan fingerprint density at radius 3 is 2.67 bits per heavy atom. The molecular weight excluding hydrogens is 254 g/mol. The molecule has 0 radical (unpaired) electrons. The van der Waals surface area contributed by atoms with Gasteiger partial charge in [0, 0.05) is 6.54 Å². The third-order valence-corrected chi connectivity index (χ3v) is 3.43. The molecule has 1 fully saturated rings. The van der Waals surface area contributed by atoms with E-state index in [0.29, 0.717) is 12.5 Å². The van der Waals surface area contributed by atoms with Crippen LogP contribution in [0.15, 0.2) is 12.1 Å². The molecule has 6 heteroatoms. The first-order valence-corrected chi connectivity index (χ1v) is 6.48. The fraction of sp³-hybridized carbons (Fsp3) is 0.583. The molecule has 1 heterocycles. The topological polar surface area (TPSA) is 75.1 Å². The van der Waals surface area contributed by atoms with Gasteiger partial charge in [0.15, 0.2) is 10.8 Å². The molecule has 1 amide bonds. The van der Waals surface area contributed by atoms with Crippen molar-refractivity contribution in [3.05, 3.63) is 23.0 Å². The minimum absolute atomic E-state index is 0.168. The molecule has 5 nitrogen and oxygen atoms in total. The van der Waals surface area contributed by atoms with Gasteiger partial charge in [0.1, 0.15) is 0 Å². The van der Waals surface area contributed by atoms with E-state index in [0.717, 1.165) is 25.7 Å². The second-order valence-electron chi connectivity index (χ2n) is 4.63. The zero-order valence-electron chi connectivity index (χ0n) is 9.97. The molecule has 18 heavy (non-hydrogen) atoms. The number of nitrogens with zero attached hydrogens (tertiary/aromatic N) is 2. The lowest BCUT2D eigenvalue weighted by atomic mass is 9.87. The number of nitrogens with one attached hydrogen (secondary N) is 1. The Hall–Kier alpha value is -1.20. The molecule has 1 aliphatic rings. The van der Waals surface area contributed by atoms with E-state index in [1.165, 1.54) is 0 Å². The van der Waals surface area contributed by atoms with Gasteiger partial charge in [0.25, 0.3) is 5.91 Å². The Morgan fingerprint density at radius 2 is 2.06 bits per heavy atom. The van der Waals surface area contributed by atoms with Crippen LogP contribution in [0.25, 0.3) is 0 Å². The highest BCUT2D eigenvalue weighted by Gasteiger charge is 2.20. The SMILES string of the molecule is O=C(NCC1CCC(O)CC1)c1ccc(Cl)nn1. The van der Waals surface area contributed by atoms with Crippen molar-refractivity contribution in [1.82, 2.24) is 15.5 Å². The molecule has 0 spiro atoms. The number of aliphatic hydroxyl groups is 1. The van der Waals surface area contributed by atoms with E-state index in [9.17, 15) is 9.90 Å². The smallest absolute Gasteiger partial charge is 0.271 e. The van der Waals surface area contributed by atoms with Gasteiger partial charge in [0.2, 0.25) is 0 Å². The Balaban J connectivity index is 1.79. The van der Waals surface area contributed by atoms with Gasteiger partial charge in [-0.1, -0.05) is 11.6 Å². The van der Waals surface area contributed by atoms with E-state index in [4.69, 9.17) is 11.6 Å². The van der Waals surface area contributed by atoms with Gasteiger partial charge in [0.05, 0.1) is 6.10 Å². The van der Waals surface area contributed by atoms with Crippen molar-refractivity contribution in [2.24, 2.45) is 5.92 Å². The molecule has 0 unspecified atom stereocenters. The van der Waals surface area contributed by atoms with Crippen LogP contribution in [0.2, 0.25) is 5.15 Å². The summed E-state index contributed by atoms with van der Waals surface area (Å²) in [6.45, 7) is 0.621. The van der Waals surface area contributed by atoms with Gasteiger partial charge in [-0.25, -0.2) is 0 Å². The Labute approximate surface area is 111 Å². The van der Waals surface area contributed by atoms with Gasteiger partial charge in [-0.3, -0.25) is 4.79 Å². The number of aliphatic hydroxyl groups excluding tert-OH is 1. The van der Waals surface area contributed by atoms with Crippen molar-refractivity contribution in [1.29, 1.82) is 0 Å². The van der Waals surface area contributed by atoms with E-state index in [-0.39, 0.29) is 22.9 Å². The van der Waals surface area contributed by atoms with Gasteiger partial charge >= 0.3 is 0 Å². The number of hydrogen-bond acceptors (Lipinski definition) is 4. The monoisotopic (exact) mass is 269 g/mol. The van der Waals surface area contributed by atoms with Crippen molar-refractivity contribution in [3.63, 3.8) is 0 Å². The minimum atomic E-state index is -0.231. The highest BCUT2D eigenvalue weighted by molar-refractivity contribution is 6.29. The molecule has 1 aromatic heterocycles. The number of aromatic nitrogens is 2. The molecule has 98 valence electrons. The molecule has 1 aliphatic carbocycles. The van der Waals surface area contributed by atoms with E-state index in [1.807, 2.05) is 0 Å². The summed E-state index contributed by atoms with van der Waals surface area (Å²) in [6.07, 6.45) is 3.38. The normalized spacial score (nSPS) is 23.7. The van der Waals surface area contributed by atoms with E-state index >= 15 is 0 Å². The Bertz CT molecular complexity index is 402. The van der Waals surface area contributed by atoms with Crippen molar-refractivity contribution in [2.45, 2.75) is 31.8 Å². The average Bonchev–Trinajstić information content (AvgIpc) is 2.38. The number of hydrogen-bond donors (Lipinski definition) is 2. The fourth-order valence-electron chi connectivity index (χ4n) is 2.11. The van der Waals surface area contributed by atoms with Crippen LogP contribution in [0.3, 0.4) is 0 Å². The molecule has 0 saturated heterocycles. The summed E-state index contributed by atoms with van der Waals surface area (Å²) in [5.74, 6) is 0.211. The van der Waals surface area contributed by atoms with Gasteiger partial charge in [-0.15, -0.1) is 10.2 Å². The van der Waals surface area contributed by atoms with Crippen LogP contribution in [-0.4, -0.2) is 33.9 Å².